The molecule has 0 fully saturated rings. The molecule has 0 aliphatic carbocycles. The summed E-state index contributed by atoms with van der Waals surface area (Å²) in [5.41, 5.74) is 1.67. The van der Waals surface area contributed by atoms with Gasteiger partial charge in [0.05, 0.1) is 11.3 Å². The lowest BCUT2D eigenvalue weighted by Crippen LogP contribution is -2.24. The van der Waals surface area contributed by atoms with Gasteiger partial charge in [-0.15, -0.1) is 0 Å². The Morgan fingerprint density at radius 1 is 1.04 bits per heavy atom. The zero-order valence-corrected chi connectivity index (χ0v) is 13.9. The fourth-order valence-electron chi connectivity index (χ4n) is 2.35. The Morgan fingerprint density at radius 3 is 2.42 bits per heavy atom. The maximum Gasteiger partial charge on any atom is 0.231 e. The molecule has 2 aromatic rings. The first kappa shape index (κ1) is 16.3. The van der Waals surface area contributed by atoms with Gasteiger partial charge in [0.1, 0.15) is 0 Å². The number of sulfone groups is 1. The van der Waals surface area contributed by atoms with Gasteiger partial charge in [0.15, 0.2) is 21.3 Å². The van der Waals surface area contributed by atoms with E-state index in [1.54, 1.807) is 12.1 Å². The number of fused-ring (bicyclic) bond motifs is 1. The maximum absolute atomic E-state index is 12.0. The molecule has 0 radical (unpaired) electrons. The van der Waals surface area contributed by atoms with E-state index in [1.807, 2.05) is 18.2 Å². The molecule has 0 saturated carbocycles. The van der Waals surface area contributed by atoms with Crippen LogP contribution in [0.15, 0.2) is 47.4 Å². The Kier molecular flexibility index (Phi) is 4.44. The average molecular weight is 347 g/mol. The first-order valence-corrected chi connectivity index (χ1v) is 9.25. The minimum absolute atomic E-state index is 0.139. The molecule has 2 aromatic carbocycles. The van der Waals surface area contributed by atoms with Crippen molar-refractivity contribution in [3.63, 3.8) is 0 Å². The minimum atomic E-state index is -3.22. The summed E-state index contributed by atoms with van der Waals surface area (Å²) in [4.78, 5) is 12.3. The van der Waals surface area contributed by atoms with Crippen molar-refractivity contribution in [2.75, 3.05) is 13.0 Å². The molecule has 0 bridgehead atoms. The van der Waals surface area contributed by atoms with Crippen LogP contribution in [-0.4, -0.2) is 27.4 Å². The largest absolute Gasteiger partial charge is 0.454 e. The number of hydrogen-bond donors (Lipinski definition) is 1. The normalized spacial score (nSPS) is 12.9. The zero-order valence-electron chi connectivity index (χ0n) is 13.1. The number of hydrogen-bond acceptors (Lipinski definition) is 5. The summed E-state index contributed by atoms with van der Waals surface area (Å²) in [5.74, 6) is 1.24. The molecule has 1 aliphatic heterocycles. The molecule has 0 unspecified atom stereocenters. The Morgan fingerprint density at radius 2 is 1.71 bits per heavy atom. The molecule has 1 heterocycles. The summed E-state index contributed by atoms with van der Waals surface area (Å²) >= 11 is 0. The first-order valence-electron chi connectivity index (χ1n) is 7.36. The lowest BCUT2D eigenvalue weighted by molar-refractivity contribution is -0.120. The van der Waals surface area contributed by atoms with Crippen molar-refractivity contribution in [2.24, 2.45) is 0 Å². The smallest absolute Gasteiger partial charge is 0.231 e. The molecule has 7 heteroatoms. The van der Waals surface area contributed by atoms with Gasteiger partial charge in [0.25, 0.3) is 0 Å². The first-order chi connectivity index (χ1) is 11.4. The summed E-state index contributed by atoms with van der Waals surface area (Å²) in [6, 6.07) is 11.8. The predicted octanol–water partition coefficient (Wildman–Crippen LogP) is 1.68. The van der Waals surface area contributed by atoms with Gasteiger partial charge in [-0.3, -0.25) is 4.79 Å². The van der Waals surface area contributed by atoms with Gasteiger partial charge in [-0.1, -0.05) is 18.2 Å². The second-order valence-electron chi connectivity index (χ2n) is 5.56. The van der Waals surface area contributed by atoms with Crippen molar-refractivity contribution >= 4 is 15.7 Å². The second-order valence-corrected chi connectivity index (χ2v) is 7.57. The zero-order chi connectivity index (χ0) is 17.2. The van der Waals surface area contributed by atoms with E-state index >= 15 is 0 Å². The summed E-state index contributed by atoms with van der Waals surface area (Å²) in [6.45, 7) is 0.603. The third-order valence-corrected chi connectivity index (χ3v) is 4.77. The molecular weight excluding hydrogens is 330 g/mol. The second kappa shape index (κ2) is 6.52. The molecule has 3 rings (SSSR count). The standard InChI is InChI=1S/C17H17NO5S/c1-24(20,21)14-5-2-12(3-6-14)9-17(19)18-10-13-4-7-15-16(8-13)23-11-22-15/h2-8H,9-11H2,1H3,(H,18,19). The molecule has 0 aromatic heterocycles. The van der Waals surface area contributed by atoms with Crippen LogP contribution < -0.4 is 14.8 Å². The minimum Gasteiger partial charge on any atom is -0.454 e. The average Bonchev–Trinajstić information content (AvgIpc) is 3.00. The predicted molar refractivity (Wildman–Crippen MR) is 87.7 cm³/mol. The van der Waals surface area contributed by atoms with Gasteiger partial charge in [0.2, 0.25) is 12.7 Å². The number of benzene rings is 2. The summed E-state index contributed by atoms with van der Waals surface area (Å²) in [6.07, 6.45) is 1.34. The Balaban J connectivity index is 1.56. The van der Waals surface area contributed by atoms with Gasteiger partial charge < -0.3 is 14.8 Å². The van der Waals surface area contributed by atoms with E-state index in [0.29, 0.717) is 18.0 Å². The molecule has 24 heavy (non-hydrogen) atoms. The molecule has 6 nitrogen and oxygen atoms in total. The number of nitrogens with one attached hydrogen (secondary N) is 1. The lowest BCUT2D eigenvalue weighted by Gasteiger charge is -2.07. The molecule has 1 aliphatic rings. The van der Waals surface area contributed by atoms with Gasteiger partial charge in [-0.25, -0.2) is 8.42 Å². The highest BCUT2D eigenvalue weighted by Crippen LogP contribution is 2.32. The van der Waals surface area contributed by atoms with Crippen molar-refractivity contribution in [2.45, 2.75) is 17.9 Å². The number of rotatable bonds is 5. The fraction of sp³-hybridized carbons (Fsp3) is 0.235. The Hall–Kier alpha value is -2.54. The lowest BCUT2D eigenvalue weighted by atomic mass is 10.1. The van der Waals surface area contributed by atoms with Gasteiger partial charge in [0, 0.05) is 12.8 Å². The van der Waals surface area contributed by atoms with Crippen LogP contribution in [0.25, 0.3) is 0 Å². The molecule has 0 spiro atoms. The van der Waals surface area contributed by atoms with Crippen molar-refractivity contribution < 1.29 is 22.7 Å². The highest BCUT2D eigenvalue weighted by Gasteiger charge is 2.13. The maximum atomic E-state index is 12.0. The van der Waals surface area contributed by atoms with Gasteiger partial charge in [-0.2, -0.15) is 0 Å². The van der Waals surface area contributed by atoms with Crippen molar-refractivity contribution in [1.82, 2.24) is 5.32 Å². The number of ether oxygens (including phenoxy) is 2. The topological polar surface area (TPSA) is 81.7 Å². The summed E-state index contributed by atoms with van der Waals surface area (Å²) in [7, 11) is -3.22. The van der Waals surface area contributed by atoms with Gasteiger partial charge >= 0.3 is 0 Å². The van der Waals surface area contributed by atoms with Crippen LogP contribution in [0.3, 0.4) is 0 Å². The molecule has 126 valence electrons. The number of carbonyl (C=O) groups is 1. The molecule has 1 amide bonds. The molecule has 0 saturated heterocycles. The van der Waals surface area contributed by atoms with Crippen LogP contribution >= 0.6 is 0 Å². The highest BCUT2D eigenvalue weighted by atomic mass is 32.2. The Bertz CT molecular complexity index is 859. The molecule has 1 N–H and O–H groups in total. The van der Waals surface area contributed by atoms with Crippen molar-refractivity contribution in [3.05, 3.63) is 53.6 Å². The van der Waals surface area contributed by atoms with Gasteiger partial charge in [-0.05, 0) is 35.4 Å². The molecular formula is C17H17NO5S. The van der Waals surface area contributed by atoms with Crippen LogP contribution in [0, 0.1) is 0 Å². The van der Waals surface area contributed by atoms with Crippen LogP contribution in [0.5, 0.6) is 11.5 Å². The quantitative estimate of drug-likeness (QED) is 0.890. The third kappa shape index (κ3) is 3.86. The van der Waals surface area contributed by atoms with Crippen molar-refractivity contribution in [1.29, 1.82) is 0 Å². The van der Waals surface area contributed by atoms with E-state index < -0.39 is 9.84 Å². The van der Waals surface area contributed by atoms with E-state index in [0.717, 1.165) is 17.4 Å². The van der Waals surface area contributed by atoms with Crippen LogP contribution in [0.4, 0.5) is 0 Å². The third-order valence-electron chi connectivity index (χ3n) is 3.64. The van der Waals surface area contributed by atoms with E-state index in [-0.39, 0.29) is 24.0 Å². The highest BCUT2D eigenvalue weighted by molar-refractivity contribution is 7.90. The SMILES string of the molecule is CS(=O)(=O)c1ccc(CC(=O)NCc2ccc3c(c2)OCO3)cc1. The monoisotopic (exact) mass is 347 g/mol. The number of carbonyl (C=O) groups excluding carboxylic acids is 1. The van der Waals surface area contributed by atoms with E-state index in [4.69, 9.17) is 9.47 Å². The van der Waals surface area contributed by atoms with E-state index in [2.05, 4.69) is 5.32 Å². The summed E-state index contributed by atoms with van der Waals surface area (Å²) < 4.78 is 33.4. The number of amides is 1. The van der Waals surface area contributed by atoms with Crippen molar-refractivity contribution in [3.8, 4) is 11.5 Å². The Labute approximate surface area is 140 Å². The van der Waals surface area contributed by atoms with Crippen LogP contribution in [-0.2, 0) is 27.6 Å². The fourth-order valence-corrected chi connectivity index (χ4v) is 2.98. The summed E-state index contributed by atoms with van der Waals surface area (Å²) in [5, 5.41) is 2.83. The molecule has 0 atom stereocenters. The van der Waals surface area contributed by atoms with Crippen LogP contribution in [0.1, 0.15) is 11.1 Å². The van der Waals surface area contributed by atoms with E-state index in [9.17, 15) is 13.2 Å². The van der Waals surface area contributed by atoms with E-state index in [1.165, 1.54) is 12.1 Å². The van der Waals surface area contributed by atoms with Crippen LogP contribution in [0.2, 0.25) is 0 Å².